The smallest absolute Gasteiger partial charge is 0.307 e. The summed E-state index contributed by atoms with van der Waals surface area (Å²) in [5, 5.41) is 10.0. The molecule has 1 amide bonds. The first-order valence-corrected chi connectivity index (χ1v) is 8.26. The number of benzene rings is 1. The molecule has 132 valence electrons. The number of methoxy groups -OCH3 is 1. The van der Waals surface area contributed by atoms with E-state index in [-0.39, 0.29) is 37.4 Å². The SMILES string of the molecule is COC(=O)C[C@@H]1CCCN1C(=O)C[C@H](O)COCc1ccccc1. The largest absolute Gasteiger partial charge is 0.469 e. The van der Waals surface area contributed by atoms with Crippen molar-refractivity contribution in [3.8, 4) is 0 Å². The maximum Gasteiger partial charge on any atom is 0.307 e. The van der Waals surface area contributed by atoms with Gasteiger partial charge in [-0.05, 0) is 18.4 Å². The van der Waals surface area contributed by atoms with E-state index in [0.717, 1.165) is 18.4 Å². The zero-order valence-corrected chi connectivity index (χ0v) is 14.0. The Bertz CT molecular complexity index is 533. The Morgan fingerprint density at radius 2 is 2.08 bits per heavy atom. The van der Waals surface area contributed by atoms with Crippen molar-refractivity contribution in [3.63, 3.8) is 0 Å². The summed E-state index contributed by atoms with van der Waals surface area (Å²) in [4.78, 5) is 25.4. The van der Waals surface area contributed by atoms with Gasteiger partial charge in [0.05, 0.1) is 39.3 Å². The van der Waals surface area contributed by atoms with Crippen molar-refractivity contribution in [1.29, 1.82) is 0 Å². The monoisotopic (exact) mass is 335 g/mol. The first kappa shape index (κ1) is 18.4. The third-order valence-electron chi connectivity index (χ3n) is 4.16. The second-order valence-electron chi connectivity index (χ2n) is 6.02. The highest BCUT2D eigenvalue weighted by molar-refractivity contribution is 5.78. The third kappa shape index (κ3) is 5.62. The van der Waals surface area contributed by atoms with Crippen LogP contribution in [-0.4, -0.2) is 54.3 Å². The summed E-state index contributed by atoms with van der Waals surface area (Å²) in [6.45, 7) is 1.13. The predicted octanol–water partition coefficient (Wildman–Crippen LogP) is 1.51. The zero-order valence-electron chi connectivity index (χ0n) is 14.0. The lowest BCUT2D eigenvalue weighted by molar-refractivity contribution is -0.143. The molecule has 0 aliphatic carbocycles. The molecule has 1 N–H and O–H groups in total. The van der Waals surface area contributed by atoms with Crippen molar-refractivity contribution in [3.05, 3.63) is 35.9 Å². The van der Waals surface area contributed by atoms with Crippen LogP contribution in [0.3, 0.4) is 0 Å². The van der Waals surface area contributed by atoms with Gasteiger partial charge < -0.3 is 19.5 Å². The van der Waals surface area contributed by atoms with Crippen LogP contribution in [0.2, 0.25) is 0 Å². The van der Waals surface area contributed by atoms with Crippen molar-refractivity contribution in [2.75, 3.05) is 20.3 Å². The van der Waals surface area contributed by atoms with Gasteiger partial charge in [0.15, 0.2) is 0 Å². The Morgan fingerprint density at radius 3 is 2.79 bits per heavy atom. The second-order valence-corrected chi connectivity index (χ2v) is 6.02. The van der Waals surface area contributed by atoms with Crippen LogP contribution >= 0.6 is 0 Å². The molecule has 1 aliphatic heterocycles. The van der Waals surface area contributed by atoms with Crippen molar-refractivity contribution < 1.29 is 24.2 Å². The Morgan fingerprint density at radius 1 is 1.33 bits per heavy atom. The predicted molar refractivity (Wildman–Crippen MR) is 88.1 cm³/mol. The minimum atomic E-state index is -0.847. The van der Waals surface area contributed by atoms with Gasteiger partial charge in [0, 0.05) is 12.6 Å². The lowest BCUT2D eigenvalue weighted by Crippen LogP contribution is -2.39. The summed E-state index contributed by atoms with van der Waals surface area (Å²) >= 11 is 0. The highest BCUT2D eigenvalue weighted by Crippen LogP contribution is 2.21. The Kier molecular flexibility index (Phi) is 7.21. The fraction of sp³-hybridized carbons (Fsp3) is 0.556. The molecule has 1 aliphatic rings. The number of amides is 1. The van der Waals surface area contributed by atoms with Crippen molar-refractivity contribution in [2.24, 2.45) is 0 Å². The van der Waals surface area contributed by atoms with Crippen LogP contribution in [0.5, 0.6) is 0 Å². The summed E-state index contributed by atoms with van der Waals surface area (Å²) in [7, 11) is 1.34. The van der Waals surface area contributed by atoms with Crippen LogP contribution in [0.25, 0.3) is 0 Å². The molecule has 0 bridgehead atoms. The van der Waals surface area contributed by atoms with Gasteiger partial charge in [0.25, 0.3) is 0 Å². The minimum Gasteiger partial charge on any atom is -0.469 e. The fourth-order valence-corrected chi connectivity index (χ4v) is 2.92. The van der Waals surface area contributed by atoms with E-state index in [0.29, 0.717) is 13.2 Å². The van der Waals surface area contributed by atoms with Gasteiger partial charge in [0.1, 0.15) is 0 Å². The summed E-state index contributed by atoms with van der Waals surface area (Å²) in [5.41, 5.74) is 1.02. The lowest BCUT2D eigenvalue weighted by atomic mass is 10.1. The van der Waals surface area contributed by atoms with Gasteiger partial charge >= 0.3 is 5.97 Å². The average molecular weight is 335 g/mol. The summed E-state index contributed by atoms with van der Waals surface area (Å²) < 4.78 is 10.1. The number of hydrogen-bond acceptors (Lipinski definition) is 5. The second kappa shape index (κ2) is 9.39. The number of rotatable bonds is 8. The van der Waals surface area contributed by atoms with E-state index in [2.05, 4.69) is 4.74 Å². The molecule has 1 fully saturated rings. The van der Waals surface area contributed by atoms with Crippen LogP contribution in [0.4, 0.5) is 0 Å². The topological polar surface area (TPSA) is 76.1 Å². The maximum atomic E-state index is 12.3. The van der Waals surface area contributed by atoms with Crippen LogP contribution in [0.15, 0.2) is 30.3 Å². The molecule has 0 saturated carbocycles. The molecule has 1 aromatic rings. The molecule has 1 heterocycles. The number of aliphatic hydroxyl groups excluding tert-OH is 1. The third-order valence-corrected chi connectivity index (χ3v) is 4.16. The van der Waals surface area contributed by atoms with Gasteiger partial charge in [-0.3, -0.25) is 9.59 Å². The van der Waals surface area contributed by atoms with Gasteiger partial charge in [-0.25, -0.2) is 0 Å². The first-order chi connectivity index (χ1) is 11.6. The van der Waals surface area contributed by atoms with Gasteiger partial charge in [-0.1, -0.05) is 30.3 Å². The number of carbonyl (C=O) groups is 2. The molecular formula is C18H25NO5. The van der Waals surface area contributed by atoms with Crippen LogP contribution < -0.4 is 0 Å². The van der Waals surface area contributed by atoms with Crippen LogP contribution in [-0.2, 0) is 25.7 Å². The van der Waals surface area contributed by atoms with Crippen LogP contribution in [0, 0.1) is 0 Å². The molecule has 0 spiro atoms. The van der Waals surface area contributed by atoms with Crippen molar-refractivity contribution in [2.45, 2.75) is 44.4 Å². The number of esters is 1. The lowest BCUT2D eigenvalue weighted by Gasteiger charge is -2.25. The standard InChI is InChI=1S/C18H25NO5/c1-23-18(22)10-15-8-5-9-19(15)17(21)11-16(20)13-24-12-14-6-3-2-4-7-14/h2-4,6-7,15-16,20H,5,8-13H2,1H3/t15-,16-/m0/s1. The molecule has 6 nitrogen and oxygen atoms in total. The normalized spacial score (nSPS) is 18.4. The van der Waals surface area contributed by atoms with Gasteiger partial charge in [-0.15, -0.1) is 0 Å². The Balaban J connectivity index is 1.73. The number of hydrogen-bond donors (Lipinski definition) is 1. The fourth-order valence-electron chi connectivity index (χ4n) is 2.92. The molecule has 6 heteroatoms. The summed E-state index contributed by atoms with van der Waals surface area (Å²) in [5.74, 6) is -0.455. The van der Waals surface area contributed by atoms with E-state index in [1.54, 1.807) is 4.90 Å². The molecule has 24 heavy (non-hydrogen) atoms. The molecule has 0 aromatic heterocycles. The molecule has 0 radical (unpaired) electrons. The molecule has 1 aromatic carbocycles. The van der Waals surface area contributed by atoms with E-state index in [1.165, 1.54) is 7.11 Å². The van der Waals surface area contributed by atoms with Gasteiger partial charge in [0.2, 0.25) is 5.91 Å². The van der Waals surface area contributed by atoms with E-state index >= 15 is 0 Å². The highest BCUT2D eigenvalue weighted by Gasteiger charge is 2.31. The number of nitrogens with zero attached hydrogens (tertiary/aromatic N) is 1. The van der Waals surface area contributed by atoms with E-state index in [9.17, 15) is 14.7 Å². The summed E-state index contributed by atoms with van der Waals surface area (Å²) in [6, 6.07) is 9.54. The van der Waals surface area contributed by atoms with Crippen molar-refractivity contribution in [1.82, 2.24) is 4.90 Å². The van der Waals surface area contributed by atoms with Crippen molar-refractivity contribution >= 4 is 11.9 Å². The molecule has 2 rings (SSSR count). The Labute approximate surface area is 142 Å². The molecule has 1 saturated heterocycles. The number of carbonyl (C=O) groups excluding carboxylic acids is 2. The number of likely N-dealkylation sites (tertiary alicyclic amines) is 1. The van der Waals surface area contributed by atoms with E-state index in [4.69, 9.17) is 4.74 Å². The van der Waals surface area contributed by atoms with Crippen LogP contribution in [0.1, 0.15) is 31.2 Å². The molecule has 2 atom stereocenters. The maximum absolute atomic E-state index is 12.3. The minimum absolute atomic E-state index is 0.00641. The number of ether oxygens (including phenoxy) is 2. The highest BCUT2D eigenvalue weighted by atomic mass is 16.5. The van der Waals surface area contributed by atoms with E-state index < -0.39 is 6.10 Å². The Hall–Kier alpha value is -1.92. The first-order valence-electron chi connectivity index (χ1n) is 8.26. The van der Waals surface area contributed by atoms with E-state index in [1.807, 2.05) is 30.3 Å². The molecule has 0 unspecified atom stereocenters. The number of aliphatic hydroxyl groups is 1. The quantitative estimate of drug-likeness (QED) is 0.729. The zero-order chi connectivity index (χ0) is 17.4. The van der Waals surface area contributed by atoms with Gasteiger partial charge in [-0.2, -0.15) is 0 Å². The average Bonchev–Trinajstić information content (AvgIpc) is 3.04. The summed E-state index contributed by atoms with van der Waals surface area (Å²) in [6.07, 6.45) is 1.03. The molecular weight excluding hydrogens is 310 g/mol.